The van der Waals surface area contributed by atoms with Crippen LogP contribution in [-0.2, 0) is 16.6 Å². The van der Waals surface area contributed by atoms with Gasteiger partial charge in [0, 0.05) is 5.33 Å². The first-order valence-electron chi connectivity index (χ1n) is 5.64. The number of methoxy groups -OCH3 is 1. The van der Waals surface area contributed by atoms with Crippen molar-refractivity contribution in [3.05, 3.63) is 34.9 Å². The highest BCUT2D eigenvalue weighted by atomic mass is 79.9. The average Bonchev–Trinajstić information content (AvgIpc) is 2.37. The minimum atomic E-state index is -0.620. The lowest BCUT2D eigenvalue weighted by molar-refractivity contribution is 0.0600. The van der Waals surface area contributed by atoms with Crippen LogP contribution in [-0.4, -0.2) is 18.4 Å². The Hall–Kier alpha value is -1.34. The van der Waals surface area contributed by atoms with E-state index in [0.29, 0.717) is 5.56 Å². The van der Waals surface area contributed by atoms with E-state index in [0.717, 1.165) is 22.9 Å². The summed E-state index contributed by atoms with van der Waals surface area (Å²) in [5.74, 6) is -0.374. The zero-order valence-electron chi connectivity index (χ0n) is 10.8. The van der Waals surface area contributed by atoms with Crippen LogP contribution in [0.1, 0.15) is 35.3 Å². The number of rotatable bonds is 4. The summed E-state index contributed by atoms with van der Waals surface area (Å²) >= 11 is 3.38. The van der Waals surface area contributed by atoms with Gasteiger partial charge in [-0.1, -0.05) is 22.0 Å². The van der Waals surface area contributed by atoms with Crippen molar-refractivity contribution in [3.8, 4) is 6.07 Å². The van der Waals surface area contributed by atoms with Crippen LogP contribution in [0.3, 0.4) is 0 Å². The van der Waals surface area contributed by atoms with Gasteiger partial charge in [-0.2, -0.15) is 5.26 Å². The van der Waals surface area contributed by atoms with Crippen molar-refractivity contribution in [2.45, 2.75) is 25.7 Å². The molecular formula is C14H16BrNO2. The van der Waals surface area contributed by atoms with Gasteiger partial charge in [-0.15, -0.1) is 0 Å². The molecule has 0 aromatic heterocycles. The molecule has 0 atom stereocenters. The number of halogens is 1. The van der Waals surface area contributed by atoms with Crippen molar-refractivity contribution < 1.29 is 9.53 Å². The van der Waals surface area contributed by atoms with Gasteiger partial charge in [0.25, 0.3) is 0 Å². The van der Waals surface area contributed by atoms with Gasteiger partial charge in [0.1, 0.15) is 0 Å². The van der Waals surface area contributed by atoms with Crippen LogP contribution >= 0.6 is 15.9 Å². The quantitative estimate of drug-likeness (QED) is 0.634. The molecule has 0 saturated carbocycles. The maximum Gasteiger partial charge on any atom is 0.337 e. The second-order valence-corrected chi connectivity index (χ2v) is 5.38. The highest BCUT2D eigenvalue weighted by molar-refractivity contribution is 9.09. The van der Waals surface area contributed by atoms with Crippen molar-refractivity contribution in [2.24, 2.45) is 0 Å². The molecule has 1 rings (SSSR count). The number of carbonyl (C=O) groups is 1. The Bertz CT molecular complexity index is 489. The van der Waals surface area contributed by atoms with Crippen LogP contribution in [0.5, 0.6) is 0 Å². The molecule has 0 radical (unpaired) electrons. The molecule has 0 spiro atoms. The molecule has 0 aliphatic heterocycles. The maximum absolute atomic E-state index is 11.6. The van der Waals surface area contributed by atoms with Gasteiger partial charge >= 0.3 is 5.97 Å². The Labute approximate surface area is 116 Å². The van der Waals surface area contributed by atoms with Crippen LogP contribution in [0.15, 0.2) is 18.2 Å². The van der Waals surface area contributed by atoms with Gasteiger partial charge < -0.3 is 4.74 Å². The molecule has 3 nitrogen and oxygen atoms in total. The molecule has 0 fully saturated rings. The number of aryl methyl sites for hydroxylation is 1. The summed E-state index contributed by atoms with van der Waals surface area (Å²) in [6.45, 7) is 3.67. The van der Waals surface area contributed by atoms with Crippen molar-refractivity contribution in [2.75, 3.05) is 12.4 Å². The SMILES string of the molecule is COC(=O)c1cc(CCBr)cc(C(C)(C)C#N)c1. The number of benzene rings is 1. The number of carbonyl (C=O) groups excluding carboxylic acids is 1. The molecule has 1 aromatic rings. The van der Waals surface area contributed by atoms with Gasteiger partial charge in [-0.3, -0.25) is 0 Å². The maximum atomic E-state index is 11.6. The van der Waals surface area contributed by atoms with E-state index in [1.54, 1.807) is 6.07 Å². The largest absolute Gasteiger partial charge is 0.465 e. The third kappa shape index (κ3) is 3.33. The molecule has 0 unspecified atom stereocenters. The van der Waals surface area contributed by atoms with Crippen LogP contribution in [0.4, 0.5) is 0 Å². The summed E-state index contributed by atoms with van der Waals surface area (Å²) in [6, 6.07) is 7.75. The molecular weight excluding hydrogens is 294 g/mol. The minimum Gasteiger partial charge on any atom is -0.465 e. The lowest BCUT2D eigenvalue weighted by Crippen LogP contribution is -2.16. The first-order chi connectivity index (χ1) is 8.44. The number of hydrogen-bond acceptors (Lipinski definition) is 3. The van der Waals surface area contributed by atoms with E-state index in [1.807, 2.05) is 26.0 Å². The molecule has 0 heterocycles. The summed E-state index contributed by atoms with van der Waals surface area (Å²) in [6.07, 6.45) is 0.805. The van der Waals surface area contributed by atoms with Crippen molar-refractivity contribution >= 4 is 21.9 Å². The molecule has 18 heavy (non-hydrogen) atoms. The molecule has 0 aliphatic rings. The number of nitrogens with zero attached hydrogens (tertiary/aromatic N) is 1. The number of esters is 1. The topological polar surface area (TPSA) is 50.1 Å². The van der Waals surface area contributed by atoms with Gasteiger partial charge in [0.2, 0.25) is 0 Å². The summed E-state index contributed by atoms with van der Waals surface area (Å²) in [4.78, 5) is 11.6. The lowest BCUT2D eigenvalue weighted by Gasteiger charge is -2.18. The molecule has 0 N–H and O–H groups in total. The molecule has 0 amide bonds. The number of nitriles is 1. The first kappa shape index (κ1) is 14.7. The van der Waals surface area contributed by atoms with Gasteiger partial charge in [0.15, 0.2) is 0 Å². The van der Waals surface area contributed by atoms with E-state index in [1.165, 1.54) is 7.11 Å². The Kier molecular flexibility index (Phi) is 4.92. The Morgan fingerprint density at radius 1 is 1.44 bits per heavy atom. The monoisotopic (exact) mass is 309 g/mol. The number of alkyl halides is 1. The second kappa shape index (κ2) is 6.01. The Balaban J connectivity index is 3.31. The first-order valence-corrected chi connectivity index (χ1v) is 6.76. The lowest BCUT2D eigenvalue weighted by atomic mass is 9.84. The summed E-state index contributed by atoms with van der Waals surface area (Å²) in [7, 11) is 1.36. The van der Waals surface area contributed by atoms with E-state index in [-0.39, 0.29) is 5.97 Å². The molecule has 0 aliphatic carbocycles. The van der Waals surface area contributed by atoms with Gasteiger partial charge in [-0.05, 0) is 43.5 Å². The van der Waals surface area contributed by atoms with Crippen LogP contribution in [0.2, 0.25) is 0 Å². The predicted octanol–water partition coefficient (Wildman–Crippen LogP) is 3.21. The highest BCUT2D eigenvalue weighted by Gasteiger charge is 2.22. The van der Waals surface area contributed by atoms with E-state index in [4.69, 9.17) is 4.74 Å². The van der Waals surface area contributed by atoms with Crippen LogP contribution in [0, 0.1) is 11.3 Å². The highest BCUT2D eigenvalue weighted by Crippen LogP contribution is 2.25. The smallest absolute Gasteiger partial charge is 0.337 e. The normalized spacial score (nSPS) is 10.8. The molecule has 1 aromatic carbocycles. The van der Waals surface area contributed by atoms with Gasteiger partial charge in [-0.25, -0.2) is 4.79 Å². The summed E-state index contributed by atoms with van der Waals surface area (Å²) in [5.41, 5.74) is 1.73. The van der Waals surface area contributed by atoms with Crippen molar-refractivity contribution in [1.29, 1.82) is 5.26 Å². The second-order valence-electron chi connectivity index (χ2n) is 4.59. The zero-order valence-corrected chi connectivity index (χ0v) is 12.4. The molecule has 0 saturated heterocycles. The van der Waals surface area contributed by atoms with E-state index in [9.17, 15) is 10.1 Å². The summed E-state index contributed by atoms with van der Waals surface area (Å²) < 4.78 is 4.74. The fraction of sp³-hybridized carbons (Fsp3) is 0.429. The standard InChI is InChI=1S/C14H16BrNO2/c1-14(2,9-16)12-7-10(4-5-15)6-11(8-12)13(17)18-3/h6-8H,4-5H2,1-3H3. The molecule has 4 heteroatoms. The van der Waals surface area contributed by atoms with Gasteiger partial charge in [0.05, 0.1) is 24.2 Å². The minimum absolute atomic E-state index is 0.374. The van der Waals surface area contributed by atoms with Crippen molar-refractivity contribution in [1.82, 2.24) is 0 Å². The predicted molar refractivity (Wildman–Crippen MR) is 73.9 cm³/mol. The van der Waals surface area contributed by atoms with Crippen LogP contribution < -0.4 is 0 Å². The summed E-state index contributed by atoms with van der Waals surface area (Å²) in [5, 5.41) is 9.99. The number of ether oxygens (including phenoxy) is 1. The fourth-order valence-corrected chi connectivity index (χ4v) is 2.06. The Morgan fingerprint density at radius 2 is 2.11 bits per heavy atom. The Morgan fingerprint density at radius 3 is 2.61 bits per heavy atom. The fourth-order valence-electron chi connectivity index (χ4n) is 1.61. The van der Waals surface area contributed by atoms with E-state index < -0.39 is 5.41 Å². The zero-order chi connectivity index (χ0) is 13.8. The average molecular weight is 310 g/mol. The van der Waals surface area contributed by atoms with E-state index in [2.05, 4.69) is 22.0 Å². The molecule has 96 valence electrons. The third-order valence-electron chi connectivity index (χ3n) is 2.80. The van der Waals surface area contributed by atoms with E-state index >= 15 is 0 Å². The van der Waals surface area contributed by atoms with Crippen molar-refractivity contribution in [3.63, 3.8) is 0 Å². The molecule has 0 bridgehead atoms. The number of hydrogen-bond donors (Lipinski definition) is 0. The third-order valence-corrected chi connectivity index (χ3v) is 3.19. The van der Waals surface area contributed by atoms with Crippen LogP contribution in [0.25, 0.3) is 0 Å².